The van der Waals surface area contributed by atoms with Crippen molar-refractivity contribution in [3.8, 4) is 0 Å². The van der Waals surface area contributed by atoms with Crippen LogP contribution in [0.15, 0.2) is 12.2 Å². The van der Waals surface area contributed by atoms with Gasteiger partial charge >= 0.3 is 5.97 Å². The number of esters is 1. The molecule has 0 spiro atoms. The van der Waals surface area contributed by atoms with Crippen LogP contribution in [0, 0.1) is 0 Å². The van der Waals surface area contributed by atoms with Crippen molar-refractivity contribution in [1.29, 1.82) is 0 Å². The molecule has 0 aliphatic carbocycles. The van der Waals surface area contributed by atoms with Gasteiger partial charge in [0.15, 0.2) is 0 Å². The molecule has 15 heavy (non-hydrogen) atoms. The highest BCUT2D eigenvalue weighted by Crippen LogP contribution is 2.03. The van der Waals surface area contributed by atoms with E-state index >= 15 is 0 Å². The number of methoxy groups -OCH3 is 2. The minimum Gasteiger partial charge on any atom is -0.467 e. The molecule has 0 aromatic carbocycles. The highest BCUT2D eigenvalue weighted by Gasteiger charge is 2.20. The summed E-state index contributed by atoms with van der Waals surface area (Å²) in [7, 11) is 2.68. The summed E-state index contributed by atoms with van der Waals surface area (Å²) < 4.78 is 9.19. The molecule has 0 unspecified atom stereocenters. The van der Waals surface area contributed by atoms with Crippen molar-refractivity contribution >= 4 is 11.9 Å². The van der Waals surface area contributed by atoms with E-state index in [1.165, 1.54) is 14.2 Å². The highest BCUT2D eigenvalue weighted by atomic mass is 16.5. The lowest BCUT2D eigenvalue weighted by Gasteiger charge is -2.15. The zero-order valence-electron chi connectivity index (χ0n) is 9.33. The van der Waals surface area contributed by atoms with Crippen molar-refractivity contribution in [2.75, 3.05) is 20.8 Å². The van der Waals surface area contributed by atoms with Gasteiger partial charge < -0.3 is 14.8 Å². The summed E-state index contributed by atoms with van der Waals surface area (Å²) in [6.45, 7) is 5.37. The third kappa shape index (κ3) is 5.85. The Hall–Kier alpha value is -1.36. The molecule has 5 nitrogen and oxygen atoms in total. The van der Waals surface area contributed by atoms with Gasteiger partial charge in [-0.05, 0) is 13.3 Å². The Kier molecular flexibility index (Phi) is 6.37. The van der Waals surface area contributed by atoms with E-state index in [4.69, 9.17) is 0 Å². The second-order valence-corrected chi connectivity index (χ2v) is 3.24. The zero-order valence-corrected chi connectivity index (χ0v) is 9.33. The van der Waals surface area contributed by atoms with Gasteiger partial charge in [-0.25, -0.2) is 4.79 Å². The van der Waals surface area contributed by atoms with E-state index in [-0.39, 0.29) is 12.5 Å². The molecule has 1 amide bonds. The molecule has 0 heterocycles. The molecule has 0 aromatic rings. The van der Waals surface area contributed by atoms with E-state index in [2.05, 4.69) is 21.4 Å². The lowest BCUT2D eigenvalue weighted by atomic mass is 10.1. The van der Waals surface area contributed by atoms with Gasteiger partial charge in [0.1, 0.15) is 12.6 Å². The fourth-order valence-corrected chi connectivity index (χ4v) is 1.05. The topological polar surface area (TPSA) is 64.6 Å². The number of carbonyl (C=O) groups is 2. The van der Waals surface area contributed by atoms with E-state index in [0.29, 0.717) is 6.42 Å². The van der Waals surface area contributed by atoms with Crippen LogP contribution >= 0.6 is 0 Å². The first kappa shape index (κ1) is 13.6. The second kappa shape index (κ2) is 7.00. The van der Waals surface area contributed by atoms with Gasteiger partial charge in [0.25, 0.3) is 0 Å². The van der Waals surface area contributed by atoms with Gasteiger partial charge in [-0.1, -0.05) is 5.57 Å². The summed E-state index contributed by atoms with van der Waals surface area (Å²) in [4.78, 5) is 22.5. The Morgan fingerprint density at radius 1 is 1.40 bits per heavy atom. The van der Waals surface area contributed by atoms with Crippen molar-refractivity contribution in [3.05, 3.63) is 12.2 Å². The molecule has 0 fully saturated rings. The molecule has 0 bridgehead atoms. The lowest BCUT2D eigenvalue weighted by molar-refractivity contribution is -0.145. The Bertz CT molecular complexity index is 250. The predicted molar refractivity (Wildman–Crippen MR) is 55.3 cm³/mol. The van der Waals surface area contributed by atoms with Crippen molar-refractivity contribution in [2.45, 2.75) is 19.4 Å². The molecule has 0 rings (SSSR count). The molecular weight excluding hydrogens is 198 g/mol. The summed E-state index contributed by atoms with van der Waals surface area (Å²) in [5, 5.41) is 2.50. The maximum atomic E-state index is 11.3. The Labute approximate surface area is 89.4 Å². The summed E-state index contributed by atoms with van der Waals surface area (Å²) in [6.07, 6.45) is 0.363. The van der Waals surface area contributed by atoms with Crippen LogP contribution in [-0.2, 0) is 19.1 Å². The van der Waals surface area contributed by atoms with E-state index in [0.717, 1.165) is 5.57 Å². The molecule has 0 aromatic heterocycles. The largest absolute Gasteiger partial charge is 0.467 e. The van der Waals surface area contributed by atoms with Crippen LogP contribution in [-0.4, -0.2) is 38.7 Å². The van der Waals surface area contributed by atoms with Crippen LogP contribution in [0.1, 0.15) is 13.3 Å². The van der Waals surface area contributed by atoms with Crippen LogP contribution in [0.3, 0.4) is 0 Å². The molecule has 1 N–H and O–H groups in total. The minimum absolute atomic E-state index is 0.0797. The van der Waals surface area contributed by atoms with Gasteiger partial charge in [-0.2, -0.15) is 0 Å². The fraction of sp³-hybridized carbons (Fsp3) is 0.600. The van der Waals surface area contributed by atoms with E-state index < -0.39 is 12.0 Å². The Morgan fingerprint density at radius 2 is 2.00 bits per heavy atom. The normalized spacial score (nSPS) is 11.7. The number of nitrogens with one attached hydrogen (secondary N) is 1. The summed E-state index contributed by atoms with van der Waals surface area (Å²) in [5.41, 5.74) is 0.795. The SMILES string of the molecule is C=C(C)C[C@@H](NC(=O)COC)C(=O)OC. The van der Waals surface area contributed by atoms with Gasteiger partial charge in [0.05, 0.1) is 7.11 Å². The Balaban J connectivity index is 4.30. The molecule has 5 heteroatoms. The molecule has 0 radical (unpaired) electrons. The predicted octanol–water partition coefficient (Wildman–Crippen LogP) is 0.257. The maximum absolute atomic E-state index is 11.3. The van der Waals surface area contributed by atoms with Crippen LogP contribution in [0.4, 0.5) is 0 Å². The molecule has 1 atom stereocenters. The monoisotopic (exact) mass is 215 g/mol. The van der Waals surface area contributed by atoms with E-state index in [9.17, 15) is 9.59 Å². The number of carbonyl (C=O) groups excluding carboxylic acids is 2. The average molecular weight is 215 g/mol. The van der Waals surface area contributed by atoms with Crippen molar-refractivity contribution in [3.63, 3.8) is 0 Å². The van der Waals surface area contributed by atoms with Gasteiger partial charge in [0.2, 0.25) is 5.91 Å². The van der Waals surface area contributed by atoms with Gasteiger partial charge in [-0.15, -0.1) is 6.58 Å². The number of ether oxygens (including phenoxy) is 2. The van der Waals surface area contributed by atoms with Crippen LogP contribution < -0.4 is 5.32 Å². The number of rotatable bonds is 6. The molecule has 86 valence electrons. The van der Waals surface area contributed by atoms with E-state index in [1.807, 2.05) is 0 Å². The van der Waals surface area contributed by atoms with E-state index in [1.54, 1.807) is 6.92 Å². The first-order valence-corrected chi connectivity index (χ1v) is 4.51. The van der Waals surface area contributed by atoms with Crippen molar-refractivity contribution in [1.82, 2.24) is 5.32 Å². The Morgan fingerprint density at radius 3 is 2.40 bits per heavy atom. The van der Waals surface area contributed by atoms with Crippen LogP contribution in [0.25, 0.3) is 0 Å². The van der Waals surface area contributed by atoms with Crippen molar-refractivity contribution in [2.24, 2.45) is 0 Å². The summed E-state index contributed by atoms with van der Waals surface area (Å²) in [5.74, 6) is -0.836. The van der Waals surface area contributed by atoms with Crippen molar-refractivity contribution < 1.29 is 19.1 Å². The van der Waals surface area contributed by atoms with Crippen LogP contribution in [0.2, 0.25) is 0 Å². The third-order valence-corrected chi connectivity index (χ3v) is 1.65. The highest BCUT2D eigenvalue weighted by molar-refractivity contribution is 5.85. The smallest absolute Gasteiger partial charge is 0.328 e. The average Bonchev–Trinajstić information content (AvgIpc) is 2.15. The standard InChI is InChI=1S/C10H17NO4/c1-7(2)5-8(10(13)15-4)11-9(12)6-14-3/h8H,1,5-6H2,2-4H3,(H,11,12)/t8-/m1/s1. The number of amides is 1. The molecule has 0 saturated heterocycles. The zero-order chi connectivity index (χ0) is 11.8. The van der Waals surface area contributed by atoms with Gasteiger partial charge in [-0.3, -0.25) is 4.79 Å². The quantitative estimate of drug-likeness (QED) is 0.510. The first-order valence-electron chi connectivity index (χ1n) is 4.51. The third-order valence-electron chi connectivity index (χ3n) is 1.65. The lowest BCUT2D eigenvalue weighted by Crippen LogP contribution is -2.43. The number of hydrogen-bond acceptors (Lipinski definition) is 4. The summed E-state index contributed by atoms with van der Waals surface area (Å²) in [6, 6.07) is -0.685. The molecular formula is C10H17NO4. The molecule has 0 aliphatic rings. The maximum Gasteiger partial charge on any atom is 0.328 e. The fourth-order valence-electron chi connectivity index (χ4n) is 1.05. The second-order valence-electron chi connectivity index (χ2n) is 3.24. The first-order chi connectivity index (χ1) is 7.01. The minimum atomic E-state index is -0.685. The summed E-state index contributed by atoms with van der Waals surface area (Å²) >= 11 is 0. The molecule has 0 saturated carbocycles. The van der Waals surface area contributed by atoms with Gasteiger partial charge in [0, 0.05) is 7.11 Å². The molecule has 0 aliphatic heterocycles. The van der Waals surface area contributed by atoms with Crippen LogP contribution in [0.5, 0.6) is 0 Å². The number of hydrogen-bond donors (Lipinski definition) is 1.